The smallest absolute Gasteiger partial charge is 0.307 e. The van der Waals surface area contributed by atoms with Crippen LogP contribution in [0, 0.1) is 11.3 Å². The van der Waals surface area contributed by atoms with Gasteiger partial charge in [0.1, 0.15) is 0 Å². The Morgan fingerprint density at radius 3 is 0.870 bits per heavy atom. The maximum Gasteiger partial charge on any atom is 0.417 e. The van der Waals surface area contributed by atoms with Gasteiger partial charge in [0.2, 0.25) is 0 Å². The first kappa shape index (κ1) is 55.0. The van der Waals surface area contributed by atoms with Crippen molar-refractivity contribution in [2.45, 2.75) is 6.18 Å². The molecule has 10 heteroatoms. The molecule has 0 bridgehead atoms. The molecule has 0 saturated carbocycles. The van der Waals surface area contributed by atoms with Crippen LogP contribution in [-0.2, 0) is 6.18 Å². The predicted octanol–water partition coefficient (Wildman–Crippen LogP) is 21.4. The highest BCUT2D eigenvalue weighted by Gasteiger charge is 2.35. The Balaban J connectivity index is 0.950. The van der Waals surface area contributed by atoms with Gasteiger partial charge in [-0.2, -0.15) is 18.4 Å². The number of nitriles is 1. The van der Waals surface area contributed by atoms with Gasteiger partial charge in [-0.1, -0.05) is 188 Å². The van der Waals surface area contributed by atoms with E-state index in [1.807, 2.05) is 170 Å². The first-order chi connectivity index (χ1) is 45.2. The van der Waals surface area contributed by atoms with Crippen LogP contribution in [0.5, 0.6) is 0 Å². The number of halogens is 3. The van der Waals surface area contributed by atoms with Crippen molar-refractivity contribution in [3.8, 4) is 118 Å². The van der Waals surface area contributed by atoms with E-state index in [-0.39, 0.29) is 16.7 Å². The number of alkyl halides is 3. The third-order valence-electron chi connectivity index (χ3n) is 17.4. The van der Waals surface area contributed by atoms with Crippen LogP contribution in [0.4, 0.5) is 13.2 Å². The minimum Gasteiger partial charge on any atom is -0.307 e. The summed E-state index contributed by atoms with van der Waals surface area (Å²) in [4.78, 5) is 19.7. The fraction of sp³-hybridized carbons (Fsp3) is 0.0122. The van der Waals surface area contributed by atoms with E-state index in [0.29, 0.717) is 11.4 Å². The lowest BCUT2D eigenvalue weighted by atomic mass is 9.94. The molecule has 10 aromatic carbocycles. The molecule has 16 rings (SSSR count). The monoisotopic (exact) mass is 1190 g/mol. The number of nitrogens with zero attached hydrogens (tertiary/aromatic N) is 7. The van der Waals surface area contributed by atoms with Crippen LogP contribution in [0.25, 0.3) is 156 Å². The summed E-state index contributed by atoms with van der Waals surface area (Å²) < 4.78 is 50.4. The fourth-order valence-corrected chi connectivity index (χ4v) is 12.9. The summed E-state index contributed by atoms with van der Waals surface area (Å²) in [6.07, 6.45) is 2.84. The van der Waals surface area contributed by atoms with Gasteiger partial charge in [-0.05, 0) is 119 Å². The zero-order chi connectivity index (χ0) is 61.9. The van der Waals surface area contributed by atoms with Crippen molar-refractivity contribution in [1.82, 2.24) is 29.1 Å². The molecular formula is C82H50F3N7. The van der Waals surface area contributed by atoms with Gasteiger partial charge in [-0.25, -0.2) is 0 Å². The summed E-state index contributed by atoms with van der Waals surface area (Å²) in [5.74, 6) is 0. The van der Waals surface area contributed by atoms with Crippen LogP contribution in [0.1, 0.15) is 11.1 Å². The molecule has 0 aliphatic heterocycles. The molecule has 0 aliphatic carbocycles. The molecule has 0 N–H and O–H groups in total. The first-order valence-electron chi connectivity index (χ1n) is 30.2. The van der Waals surface area contributed by atoms with E-state index in [2.05, 4.69) is 112 Å². The highest BCUT2D eigenvalue weighted by atomic mass is 19.4. The van der Waals surface area contributed by atoms with Gasteiger partial charge in [-0.3, -0.25) is 19.9 Å². The van der Waals surface area contributed by atoms with Gasteiger partial charge in [0.15, 0.2) is 0 Å². The summed E-state index contributed by atoms with van der Waals surface area (Å²) >= 11 is 0. The molecule has 0 saturated heterocycles. The number of pyridine rings is 4. The van der Waals surface area contributed by atoms with E-state index in [1.54, 1.807) is 18.2 Å². The number of hydrogen-bond acceptors (Lipinski definition) is 5. The largest absolute Gasteiger partial charge is 0.417 e. The molecule has 0 radical (unpaired) electrons. The molecule has 0 spiro atoms. The zero-order valence-corrected chi connectivity index (χ0v) is 49.1. The molecule has 7 nitrogen and oxygen atoms in total. The van der Waals surface area contributed by atoms with E-state index in [1.165, 1.54) is 12.1 Å². The summed E-state index contributed by atoms with van der Waals surface area (Å²) in [5, 5.41) is 15.0. The minimum absolute atomic E-state index is 0.0705. The number of rotatable bonds is 11. The lowest BCUT2D eigenvalue weighted by molar-refractivity contribution is -0.137. The average molecular weight is 1190 g/mol. The third kappa shape index (κ3) is 9.91. The predicted molar refractivity (Wildman–Crippen MR) is 365 cm³/mol. The Morgan fingerprint density at radius 2 is 0.576 bits per heavy atom. The van der Waals surface area contributed by atoms with Crippen molar-refractivity contribution >= 4 is 43.6 Å². The van der Waals surface area contributed by atoms with Gasteiger partial charge >= 0.3 is 6.18 Å². The second-order valence-electron chi connectivity index (χ2n) is 22.8. The number of benzene rings is 10. The topological polar surface area (TPSA) is 85.2 Å². The summed E-state index contributed by atoms with van der Waals surface area (Å²) in [6.45, 7) is 0. The van der Waals surface area contributed by atoms with Gasteiger partial charge < -0.3 is 9.13 Å². The molecule has 6 heterocycles. The van der Waals surface area contributed by atoms with Gasteiger partial charge in [0, 0.05) is 96.4 Å². The highest BCUT2D eigenvalue weighted by molar-refractivity contribution is 6.14. The zero-order valence-electron chi connectivity index (χ0n) is 49.1. The lowest BCUT2D eigenvalue weighted by Crippen LogP contribution is -2.09. The maximum atomic E-state index is 15.4. The van der Waals surface area contributed by atoms with Crippen molar-refractivity contribution < 1.29 is 13.2 Å². The van der Waals surface area contributed by atoms with Crippen LogP contribution < -0.4 is 0 Å². The van der Waals surface area contributed by atoms with E-state index < -0.39 is 11.7 Å². The lowest BCUT2D eigenvalue weighted by Gasteiger charge is -2.21. The summed E-state index contributed by atoms with van der Waals surface area (Å²) in [7, 11) is 0. The standard InChI is InChI=1S/C82H50F3N7/c83-82(84,85)71-24-14-13-23-65(71)66-46-81(92-78-39-31-58(62-27-35-74(89-50-62)54-19-9-3-10-20-54)43-69(78)70-44-59(32-40-79(70)92)63-28-36-75(90-51-63)55-21-11-4-12-22-55)80(45-64(66)47-86)91-76-37-29-56(60-25-33-72(87-48-60)52-15-5-1-6-16-52)41-67(76)68-42-57(30-38-77(68)91)61-26-34-73(88-49-61)53-17-7-2-8-18-53/h1-46,48-51H. The number of fused-ring (bicyclic) bond motifs is 6. The normalized spacial score (nSPS) is 11.6. The third-order valence-corrected chi connectivity index (χ3v) is 17.4. The van der Waals surface area contributed by atoms with Gasteiger partial charge in [0.05, 0.1) is 73.4 Å². The Bertz CT molecular complexity index is 5230. The van der Waals surface area contributed by atoms with E-state index >= 15 is 13.2 Å². The van der Waals surface area contributed by atoms with Crippen LogP contribution in [-0.4, -0.2) is 29.1 Å². The Morgan fingerprint density at radius 1 is 0.283 bits per heavy atom. The molecule has 6 aromatic heterocycles. The highest BCUT2D eigenvalue weighted by Crippen LogP contribution is 2.46. The Hall–Kier alpha value is -12.3. The molecule has 92 heavy (non-hydrogen) atoms. The van der Waals surface area contributed by atoms with Crippen molar-refractivity contribution in [1.29, 1.82) is 5.26 Å². The first-order valence-corrected chi connectivity index (χ1v) is 30.2. The van der Waals surface area contributed by atoms with Crippen LogP contribution in [0.15, 0.2) is 304 Å². The van der Waals surface area contributed by atoms with E-state index in [0.717, 1.165) is 139 Å². The van der Waals surface area contributed by atoms with Gasteiger partial charge in [-0.15, -0.1) is 0 Å². The quantitative estimate of drug-likeness (QED) is 0.129. The molecule has 0 aliphatic rings. The fourth-order valence-electron chi connectivity index (χ4n) is 12.9. The van der Waals surface area contributed by atoms with E-state index in [4.69, 9.17) is 19.9 Å². The SMILES string of the molecule is N#Cc1cc(-n2c3ccc(-c4ccc(-c5ccccc5)nc4)cc3c3cc(-c4ccc(-c5ccccc5)nc4)ccc32)c(-n2c3ccc(-c4ccc(-c5ccccc5)nc4)cc3c3cc(-c4ccc(-c5ccccc5)nc4)ccc32)cc1-c1ccccc1C(F)(F)F. The van der Waals surface area contributed by atoms with E-state index in [9.17, 15) is 5.26 Å². The number of aromatic nitrogens is 6. The Kier molecular flexibility index (Phi) is 13.6. The maximum absolute atomic E-state index is 15.4. The second kappa shape index (κ2) is 22.7. The minimum atomic E-state index is -4.73. The van der Waals surface area contributed by atoms with Gasteiger partial charge in [0.25, 0.3) is 0 Å². The molecular weight excluding hydrogens is 1140 g/mol. The summed E-state index contributed by atoms with van der Waals surface area (Å²) in [5.41, 5.74) is 18.4. The molecule has 0 unspecified atom stereocenters. The van der Waals surface area contributed by atoms with Crippen molar-refractivity contribution in [3.63, 3.8) is 0 Å². The Labute approximate surface area is 527 Å². The van der Waals surface area contributed by atoms with Crippen molar-refractivity contribution in [3.05, 3.63) is 315 Å². The average Bonchev–Trinajstić information content (AvgIpc) is 1.53. The van der Waals surface area contributed by atoms with Crippen molar-refractivity contribution in [2.75, 3.05) is 0 Å². The van der Waals surface area contributed by atoms with Crippen LogP contribution in [0.3, 0.4) is 0 Å². The van der Waals surface area contributed by atoms with Crippen molar-refractivity contribution in [2.24, 2.45) is 0 Å². The molecule has 16 aromatic rings. The molecule has 0 amide bonds. The molecule has 434 valence electrons. The number of hydrogen-bond donors (Lipinski definition) is 0. The second-order valence-corrected chi connectivity index (χ2v) is 22.8. The molecule has 0 atom stereocenters. The van der Waals surface area contributed by atoms with Crippen LogP contribution in [0.2, 0.25) is 0 Å². The van der Waals surface area contributed by atoms with Crippen LogP contribution >= 0.6 is 0 Å². The molecule has 0 fully saturated rings. The summed E-state index contributed by atoms with van der Waals surface area (Å²) in [6, 6.07) is 93.4.